The molecule has 23 heavy (non-hydrogen) atoms. The summed E-state index contributed by atoms with van der Waals surface area (Å²) in [6.45, 7) is 0.0625. The fraction of sp³-hybridized carbons (Fsp3) is 0.769. The summed E-state index contributed by atoms with van der Waals surface area (Å²) in [5, 5.41) is 38.8. The summed E-state index contributed by atoms with van der Waals surface area (Å²) in [6, 6.07) is 0. The monoisotopic (exact) mass is 336 g/mol. The van der Waals surface area contributed by atoms with Gasteiger partial charge in [-0.3, -0.25) is 0 Å². The van der Waals surface area contributed by atoms with Gasteiger partial charge in [-0.1, -0.05) is 0 Å². The Bertz CT molecular complexity index is 452. The third-order valence-electron chi connectivity index (χ3n) is 3.64. The van der Waals surface area contributed by atoms with Crippen molar-refractivity contribution in [2.45, 2.75) is 43.1 Å². The van der Waals surface area contributed by atoms with Gasteiger partial charge >= 0.3 is 5.97 Å². The van der Waals surface area contributed by atoms with Crippen molar-refractivity contribution in [2.75, 3.05) is 20.8 Å². The van der Waals surface area contributed by atoms with Crippen LogP contribution in [-0.4, -0.2) is 90.3 Å². The number of methoxy groups -OCH3 is 2. The molecule has 4 N–H and O–H groups in total. The second kappa shape index (κ2) is 7.53. The molecule has 10 heteroatoms. The van der Waals surface area contributed by atoms with Crippen LogP contribution in [0.15, 0.2) is 11.8 Å². The van der Waals surface area contributed by atoms with Crippen LogP contribution in [0.4, 0.5) is 0 Å². The van der Waals surface area contributed by atoms with E-state index in [-0.39, 0.29) is 6.61 Å². The number of carbonyl (C=O) groups is 1. The molecule has 1 fully saturated rings. The summed E-state index contributed by atoms with van der Waals surface area (Å²) in [6.07, 6.45) is -7.71. The van der Waals surface area contributed by atoms with Crippen molar-refractivity contribution in [3.63, 3.8) is 0 Å². The lowest BCUT2D eigenvalue weighted by atomic mass is 10.0. The molecule has 0 aromatic rings. The van der Waals surface area contributed by atoms with E-state index in [9.17, 15) is 20.1 Å². The molecule has 0 unspecified atom stereocenters. The van der Waals surface area contributed by atoms with Gasteiger partial charge in [0.25, 0.3) is 0 Å². The van der Waals surface area contributed by atoms with Crippen molar-refractivity contribution < 1.29 is 48.9 Å². The number of ether oxygens (including phenoxy) is 5. The van der Waals surface area contributed by atoms with Gasteiger partial charge in [0.1, 0.15) is 30.5 Å². The molecule has 7 atom stereocenters. The van der Waals surface area contributed by atoms with Crippen molar-refractivity contribution in [1.82, 2.24) is 0 Å². The maximum absolute atomic E-state index is 11.0. The average Bonchev–Trinajstić information content (AvgIpc) is 2.52. The third kappa shape index (κ3) is 3.80. The molecule has 0 amide bonds. The zero-order valence-electron chi connectivity index (χ0n) is 12.6. The number of aliphatic hydroxyl groups is 3. The maximum Gasteiger partial charge on any atom is 0.371 e. The highest BCUT2D eigenvalue weighted by atomic mass is 16.7. The molecule has 0 aliphatic carbocycles. The molecule has 0 aromatic carbocycles. The summed E-state index contributed by atoms with van der Waals surface area (Å²) < 4.78 is 25.9. The molecular formula is C13H20O10. The van der Waals surface area contributed by atoms with Crippen LogP contribution < -0.4 is 0 Å². The molecule has 0 saturated carbocycles. The predicted octanol–water partition coefficient (Wildman–Crippen LogP) is -2.20. The Morgan fingerprint density at radius 1 is 1.17 bits per heavy atom. The minimum absolute atomic E-state index is 0.0625. The Labute approximate surface area is 131 Å². The zero-order chi connectivity index (χ0) is 17.1. The topological polar surface area (TPSA) is 144 Å². The number of aliphatic hydroxyl groups excluding tert-OH is 3. The van der Waals surface area contributed by atoms with Crippen LogP contribution >= 0.6 is 0 Å². The maximum atomic E-state index is 11.0. The predicted molar refractivity (Wildman–Crippen MR) is 71.0 cm³/mol. The number of carboxylic acids is 1. The summed E-state index contributed by atoms with van der Waals surface area (Å²) >= 11 is 0. The van der Waals surface area contributed by atoms with Crippen LogP contribution in [0.5, 0.6) is 0 Å². The number of hydrogen-bond acceptors (Lipinski definition) is 9. The van der Waals surface area contributed by atoms with E-state index in [1.807, 2.05) is 0 Å². The highest BCUT2D eigenvalue weighted by Gasteiger charge is 2.45. The van der Waals surface area contributed by atoms with Crippen molar-refractivity contribution >= 4 is 5.97 Å². The summed E-state index contributed by atoms with van der Waals surface area (Å²) in [4.78, 5) is 11.0. The van der Waals surface area contributed by atoms with Gasteiger partial charge in [-0.05, 0) is 6.08 Å². The number of carboxylic acid groups (broad SMARTS) is 1. The van der Waals surface area contributed by atoms with Crippen LogP contribution in [0.1, 0.15) is 0 Å². The van der Waals surface area contributed by atoms with Crippen molar-refractivity contribution in [3.05, 3.63) is 11.8 Å². The van der Waals surface area contributed by atoms with E-state index in [2.05, 4.69) is 0 Å². The van der Waals surface area contributed by atoms with Crippen molar-refractivity contribution in [1.29, 1.82) is 0 Å². The number of hydrogen-bond donors (Lipinski definition) is 4. The fourth-order valence-electron chi connectivity index (χ4n) is 2.34. The average molecular weight is 336 g/mol. The molecule has 132 valence electrons. The minimum Gasteiger partial charge on any atom is -0.475 e. The van der Waals surface area contributed by atoms with Gasteiger partial charge in [0, 0.05) is 14.2 Å². The lowest BCUT2D eigenvalue weighted by Gasteiger charge is -2.41. The quantitative estimate of drug-likeness (QED) is 0.436. The Morgan fingerprint density at radius 3 is 2.43 bits per heavy atom. The van der Waals surface area contributed by atoms with Crippen LogP contribution in [0.25, 0.3) is 0 Å². The van der Waals surface area contributed by atoms with E-state index in [1.165, 1.54) is 14.2 Å². The molecule has 10 nitrogen and oxygen atoms in total. The van der Waals surface area contributed by atoms with E-state index < -0.39 is 54.8 Å². The molecule has 2 aliphatic heterocycles. The molecule has 0 spiro atoms. The first-order valence-corrected chi connectivity index (χ1v) is 6.87. The molecule has 2 heterocycles. The fourth-order valence-corrected chi connectivity index (χ4v) is 2.34. The molecule has 0 radical (unpaired) electrons. The SMILES string of the molecule is CO[C@@H]1OC[C@@H](OC)[C@H](O)[C@H]1O[C@H]1OC(C(=O)O)=C[C@H](O)[C@H]1O. The van der Waals surface area contributed by atoms with Gasteiger partial charge in [-0.15, -0.1) is 0 Å². The summed E-state index contributed by atoms with van der Waals surface area (Å²) in [5.74, 6) is -2.00. The first-order chi connectivity index (χ1) is 10.9. The second-order valence-electron chi connectivity index (χ2n) is 5.11. The van der Waals surface area contributed by atoms with Gasteiger partial charge in [-0.25, -0.2) is 4.79 Å². The molecule has 2 aliphatic rings. The molecule has 1 saturated heterocycles. The van der Waals surface area contributed by atoms with E-state index in [0.717, 1.165) is 6.08 Å². The van der Waals surface area contributed by atoms with E-state index in [4.69, 9.17) is 28.8 Å². The Morgan fingerprint density at radius 2 is 1.87 bits per heavy atom. The van der Waals surface area contributed by atoms with Crippen LogP contribution in [0.2, 0.25) is 0 Å². The standard InChI is InChI=1S/C13H20O10/c1-19-7-4-21-13(20-2)10(9(7)16)23-12-8(15)5(14)3-6(22-12)11(17)18/h3,5,7-10,12-16H,4H2,1-2H3,(H,17,18)/t5-,7+,8+,9-,10+,12+,13+/m0/s1. The van der Waals surface area contributed by atoms with Crippen LogP contribution in [0, 0.1) is 0 Å². The number of aliphatic carboxylic acids is 1. The lowest BCUT2D eigenvalue weighted by molar-refractivity contribution is -0.321. The first kappa shape index (κ1) is 18.1. The van der Waals surface area contributed by atoms with E-state index >= 15 is 0 Å². The molecule has 0 bridgehead atoms. The van der Waals surface area contributed by atoms with Gasteiger partial charge in [0.05, 0.1) is 6.61 Å². The van der Waals surface area contributed by atoms with Crippen molar-refractivity contribution in [2.24, 2.45) is 0 Å². The normalized spacial score (nSPS) is 41.1. The zero-order valence-corrected chi connectivity index (χ0v) is 12.6. The van der Waals surface area contributed by atoms with Gasteiger partial charge in [0.2, 0.25) is 12.0 Å². The Balaban J connectivity index is 2.14. The smallest absolute Gasteiger partial charge is 0.371 e. The highest BCUT2D eigenvalue weighted by Crippen LogP contribution is 2.27. The van der Waals surface area contributed by atoms with Gasteiger partial charge in [-0.2, -0.15) is 0 Å². The van der Waals surface area contributed by atoms with E-state index in [0.29, 0.717) is 0 Å². The Kier molecular flexibility index (Phi) is 5.92. The number of rotatable bonds is 5. The highest BCUT2D eigenvalue weighted by molar-refractivity contribution is 5.84. The summed E-state index contributed by atoms with van der Waals surface area (Å²) in [7, 11) is 2.71. The van der Waals surface area contributed by atoms with E-state index in [1.54, 1.807) is 0 Å². The molecule has 2 rings (SSSR count). The first-order valence-electron chi connectivity index (χ1n) is 6.87. The largest absolute Gasteiger partial charge is 0.475 e. The van der Waals surface area contributed by atoms with Crippen LogP contribution in [0.3, 0.4) is 0 Å². The van der Waals surface area contributed by atoms with Crippen molar-refractivity contribution in [3.8, 4) is 0 Å². The molecular weight excluding hydrogens is 316 g/mol. The lowest BCUT2D eigenvalue weighted by Crippen LogP contribution is -2.58. The second-order valence-corrected chi connectivity index (χ2v) is 5.11. The van der Waals surface area contributed by atoms with Crippen LogP contribution in [-0.2, 0) is 28.5 Å². The Hall–Kier alpha value is -1.27. The molecule has 0 aromatic heterocycles. The summed E-state index contributed by atoms with van der Waals surface area (Å²) in [5.41, 5.74) is 0. The van der Waals surface area contributed by atoms with Gasteiger partial charge < -0.3 is 44.1 Å². The third-order valence-corrected chi connectivity index (χ3v) is 3.64. The van der Waals surface area contributed by atoms with Gasteiger partial charge in [0.15, 0.2) is 6.29 Å². The minimum atomic E-state index is -1.55.